The second-order valence-corrected chi connectivity index (χ2v) is 3.32. The van der Waals surface area contributed by atoms with E-state index in [2.05, 4.69) is 4.98 Å². The molecule has 0 unspecified atom stereocenters. The Morgan fingerprint density at radius 3 is 2.27 bits per heavy atom. The first-order valence-corrected chi connectivity index (χ1v) is 4.55. The highest BCUT2D eigenvalue weighted by atomic mass is 19.2. The number of hydrogen-bond donors (Lipinski definition) is 0. The summed E-state index contributed by atoms with van der Waals surface area (Å²) in [5.41, 5.74) is 2.29. The average Bonchev–Trinajstić information content (AvgIpc) is 2.23. The number of rotatable bonds is 1. The zero-order valence-corrected chi connectivity index (χ0v) is 8.17. The molecule has 0 saturated heterocycles. The zero-order valence-electron chi connectivity index (χ0n) is 8.17. The van der Waals surface area contributed by atoms with Gasteiger partial charge in [0.25, 0.3) is 0 Å². The Hall–Kier alpha value is -1.77. The molecule has 1 aromatic carbocycles. The van der Waals surface area contributed by atoms with E-state index in [0.717, 1.165) is 17.3 Å². The third kappa shape index (κ3) is 2.01. The van der Waals surface area contributed by atoms with Crippen LogP contribution in [0, 0.1) is 18.6 Å². The summed E-state index contributed by atoms with van der Waals surface area (Å²) in [5.74, 6) is -1.67. The van der Waals surface area contributed by atoms with Gasteiger partial charge in [0.2, 0.25) is 0 Å². The van der Waals surface area contributed by atoms with Gasteiger partial charge < -0.3 is 0 Å². The van der Waals surface area contributed by atoms with Gasteiger partial charge in [-0.3, -0.25) is 4.98 Å². The van der Waals surface area contributed by atoms with Crippen LogP contribution in [0.2, 0.25) is 0 Å². The maximum absolute atomic E-state index is 12.9. The normalized spacial score (nSPS) is 10.3. The number of nitrogens with zero attached hydrogens (tertiary/aromatic N) is 1. The lowest BCUT2D eigenvalue weighted by molar-refractivity contribution is 0.509. The summed E-state index contributed by atoms with van der Waals surface area (Å²) in [6.07, 6.45) is 1.64. The number of aryl methyl sites for hydroxylation is 1. The molecule has 3 heteroatoms. The van der Waals surface area contributed by atoms with Crippen molar-refractivity contribution in [3.05, 3.63) is 53.9 Å². The van der Waals surface area contributed by atoms with E-state index in [1.54, 1.807) is 6.20 Å². The lowest BCUT2D eigenvalue weighted by Crippen LogP contribution is -1.87. The largest absolute Gasteiger partial charge is 0.261 e. The van der Waals surface area contributed by atoms with Crippen LogP contribution >= 0.6 is 0 Å². The first kappa shape index (κ1) is 9.77. The Labute approximate surface area is 86.4 Å². The lowest BCUT2D eigenvalue weighted by atomic mass is 10.1. The summed E-state index contributed by atoms with van der Waals surface area (Å²) in [4.78, 5) is 4.09. The molecular formula is C12H9F2N. The summed E-state index contributed by atoms with van der Waals surface area (Å²) >= 11 is 0. The molecule has 0 radical (unpaired) electrons. The molecule has 15 heavy (non-hydrogen) atoms. The van der Waals surface area contributed by atoms with Crippen molar-refractivity contribution < 1.29 is 8.78 Å². The van der Waals surface area contributed by atoms with Crippen LogP contribution in [-0.4, -0.2) is 4.98 Å². The molecule has 0 aliphatic rings. The molecule has 0 bridgehead atoms. The van der Waals surface area contributed by atoms with E-state index in [9.17, 15) is 8.78 Å². The first-order valence-electron chi connectivity index (χ1n) is 4.55. The third-order valence-electron chi connectivity index (χ3n) is 2.16. The monoisotopic (exact) mass is 205 g/mol. The molecule has 2 aromatic rings. The van der Waals surface area contributed by atoms with E-state index in [4.69, 9.17) is 0 Å². The summed E-state index contributed by atoms with van der Waals surface area (Å²) < 4.78 is 25.6. The van der Waals surface area contributed by atoms with E-state index in [1.165, 1.54) is 12.1 Å². The van der Waals surface area contributed by atoms with Crippen LogP contribution in [0.1, 0.15) is 5.69 Å². The molecular weight excluding hydrogens is 196 g/mol. The van der Waals surface area contributed by atoms with Crippen LogP contribution < -0.4 is 0 Å². The first-order chi connectivity index (χ1) is 7.16. The minimum atomic E-state index is -0.840. The molecule has 0 fully saturated rings. The van der Waals surface area contributed by atoms with Gasteiger partial charge in [-0.2, -0.15) is 0 Å². The number of hydrogen-bond acceptors (Lipinski definition) is 1. The van der Waals surface area contributed by atoms with Crippen LogP contribution in [0.15, 0.2) is 36.5 Å². The van der Waals surface area contributed by atoms with E-state index in [-0.39, 0.29) is 0 Å². The Morgan fingerprint density at radius 2 is 1.67 bits per heavy atom. The van der Waals surface area contributed by atoms with Gasteiger partial charge in [0, 0.05) is 17.5 Å². The number of halogens is 2. The van der Waals surface area contributed by atoms with E-state index >= 15 is 0 Å². The highest BCUT2D eigenvalue weighted by Crippen LogP contribution is 2.20. The number of pyridine rings is 1. The Kier molecular flexibility index (Phi) is 2.46. The molecule has 0 atom stereocenters. The molecule has 2 rings (SSSR count). The highest BCUT2D eigenvalue weighted by molar-refractivity contribution is 5.62. The SMILES string of the molecule is Cc1ccc(-c2ccc(F)c(F)c2)cn1. The van der Waals surface area contributed by atoms with Crippen molar-refractivity contribution in [2.75, 3.05) is 0 Å². The van der Waals surface area contributed by atoms with Crippen molar-refractivity contribution in [2.45, 2.75) is 6.92 Å². The topological polar surface area (TPSA) is 12.9 Å². The maximum atomic E-state index is 12.9. The molecule has 0 aliphatic carbocycles. The lowest BCUT2D eigenvalue weighted by Gasteiger charge is -2.02. The second-order valence-electron chi connectivity index (χ2n) is 3.32. The van der Waals surface area contributed by atoms with Crippen molar-refractivity contribution >= 4 is 0 Å². The Morgan fingerprint density at radius 1 is 0.933 bits per heavy atom. The fraction of sp³-hybridized carbons (Fsp3) is 0.0833. The summed E-state index contributed by atoms with van der Waals surface area (Å²) in [5, 5.41) is 0. The minimum Gasteiger partial charge on any atom is -0.261 e. The smallest absolute Gasteiger partial charge is 0.159 e. The van der Waals surface area contributed by atoms with Gasteiger partial charge in [0.1, 0.15) is 0 Å². The highest BCUT2D eigenvalue weighted by Gasteiger charge is 2.04. The zero-order chi connectivity index (χ0) is 10.8. The van der Waals surface area contributed by atoms with Gasteiger partial charge in [-0.05, 0) is 30.7 Å². The van der Waals surface area contributed by atoms with E-state index in [0.29, 0.717) is 5.56 Å². The molecule has 1 aromatic heterocycles. The summed E-state index contributed by atoms with van der Waals surface area (Å²) in [7, 11) is 0. The van der Waals surface area contributed by atoms with E-state index in [1.807, 2.05) is 19.1 Å². The van der Waals surface area contributed by atoms with Gasteiger partial charge in [-0.25, -0.2) is 8.78 Å². The quantitative estimate of drug-likeness (QED) is 0.695. The summed E-state index contributed by atoms with van der Waals surface area (Å²) in [6.45, 7) is 1.87. The van der Waals surface area contributed by atoms with Crippen LogP contribution in [0.3, 0.4) is 0 Å². The van der Waals surface area contributed by atoms with Crippen molar-refractivity contribution in [1.82, 2.24) is 4.98 Å². The molecule has 0 amide bonds. The Balaban J connectivity index is 2.45. The van der Waals surface area contributed by atoms with E-state index < -0.39 is 11.6 Å². The molecule has 0 aliphatic heterocycles. The van der Waals surface area contributed by atoms with Gasteiger partial charge in [-0.1, -0.05) is 12.1 Å². The van der Waals surface area contributed by atoms with Crippen molar-refractivity contribution in [3.63, 3.8) is 0 Å². The average molecular weight is 205 g/mol. The Bertz CT molecular complexity index is 477. The fourth-order valence-electron chi connectivity index (χ4n) is 1.31. The van der Waals surface area contributed by atoms with Crippen LogP contribution in [0.5, 0.6) is 0 Å². The molecule has 1 nitrogen and oxygen atoms in total. The molecule has 0 saturated carbocycles. The third-order valence-corrected chi connectivity index (χ3v) is 2.16. The standard InChI is InChI=1S/C12H9F2N/c1-8-2-3-10(7-15-8)9-4-5-11(13)12(14)6-9/h2-7H,1H3. The van der Waals surface area contributed by atoms with Crippen LogP contribution in [0.4, 0.5) is 8.78 Å². The predicted molar refractivity (Wildman–Crippen MR) is 54.3 cm³/mol. The maximum Gasteiger partial charge on any atom is 0.159 e. The molecule has 0 spiro atoms. The van der Waals surface area contributed by atoms with Crippen LogP contribution in [0.25, 0.3) is 11.1 Å². The minimum absolute atomic E-state index is 0.626. The van der Waals surface area contributed by atoms with Gasteiger partial charge in [-0.15, -0.1) is 0 Å². The summed E-state index contributed by atoms with van der Waals surface area (Å²) in [6, 6.07) is 7.47. The van der Waals surface area contributed by atoms with Gasteiger partial charge in [0.05, 0.1) is 0 Å². The van der Waals surface area contributed by atoms with Crippen LogP contribution in [-0.2, 0) is 0 Å². The van der Waals surface area contributed by atoms with Crippen molar-refractivity contribution in [1.29, 1.82) is 0 Å². The predicted octanol–water partition coefficient (Wildman–Crippen LogP) is 3.34. The van der Waals surface area contributed by atoms with Crippen molar-refractivity contribution in [3.8, 4) is 11.1 Å². The molecule has 76 valence electrons. The fourth-order valence-corrected chi connectivity index (χ4v) is 1.31. The van der Waals surface area contributed by atoms with Gasteiger partial charge >= 0.3 is 0 Å². The second kappa shape index (κ2) is 3.77. The van der Waals surface area contributed by atoms with Gasteiger partial charge in [0.15, 0.2) is 11.6 Å². The van der Waals surface area contributed by atoms with Crippen molar-refractivity contribution in [2.24, 2.45) is 0 Å². The molecule has 0 N–H and O–H groups in total. The number of aromatic nitrogens is 1. The number of benzene rings is 1. The molecule has 1 heterocycles.